The highest BCUT2D eigenvalue weighted by Crippen LogP contribution is 2.15. The number of pyridine rings is 1. The predicted molar refractivity (Wildman–Crippen MR) is 76.1 cm³/mol. The minimum atomic E-state index is -1.62. The van der Waals surface area contributed by atoms with Crippen molar-refractivity contribution in [3.63, 3.8) is 0 Å². The van der Waals surface area contributed by atoms with E-state index in [1.165, 1.54) is 18.3 Å². The van der Waals surface area contributed by atoms with Crippen LogP contribution in [0.15, 0.2) is 47.8 Å². The summed E-state index contributed by atoms with van der Waals surface area (Å²) < 4.78 is 5.46. The Balaban J connectivity index is 2.12. The number of hydrogen-bond donors (Lipinski definition) is 4. The number of anilines is 1. The van der Waals surface area contributed by atoms with Gasteiger partial charge in [0.1, 0.15) is 18.1 Å². The molecule has 7 nitrogen and oxygen atoms in total. The first-order valence-electron chi connectivity index (χ1n) is 6.12. The monoisotopic (exact) mass is 289 g/mol. The van der Waals surface area contributed by atoms with Gasteiger partial charge in [-0.1, -0.05) is 11.2 Å². The van der Waals surface area contributed by atoms with Gasteiger partial charge in [0, 0.05) is 23.5 Å². The van der Waals surface area contributed by atoms with Crippen molar-refractivity contribution in [2.24, 2.45) is 5.16 Å². The number of aliphatic hydroxyl groups excluding tert-OH is 1. The van der Waals surface area contributed by atoms with Crippen molar-refractivity contribution in [3.05, 3.63) is 53.9 Å². The molecule has 0 unspecified atom stereocenters. The Morgan fingerprint density at radius 3 is 2.76 bits per heavy atom. The highest BCUT2D eigenvalue weighted by atomic mass is 16.5. The van der Waals surface area contributed by atoms with Crippen LogP contribution in [0.5, 0.6) is 5.75 Å². The quantitative estimate of drug-likeness (QED) is 0.213. The highest BCUT2D eigenvalue weighted by molar-refractivity contribution is 5.99. The maximum atomic E-state index is 9.12. The lowest BCUT2D eigenvalue weighted by Crippen LogP contribution is -2.15. The Morgan fingerprint density at radius 1 is 1.29 bits per heavy atom. The number of ether oxygens (including phenoxy) is 1. The van der Waals surface area contributed by atoms with Crippen LogP contribution >= 0.6 is 0 Å². The van der Waals surface area contributed by atoms with E-state index >= 15 is 0 Å². The largest absolute Gasteiger partial charge is 0.487 e. The maximum absolute atomic E-state index is 9.12. The fourth-order valence-electron chi connectivity index (χ4n) is 1.68. The molecule has 0 saturated heterocycles. The number of aromatic nitrogens is 1. The minimum absolute atomic E-state index is 0.0437. The molecule has 0 saturated carbocycles. The van der Waals surface area contributed by atoms with E-state index in [2.05, 4.69) is 10.1 Å². The summed E-state index contributed by atoms with van der Waals surface area (Å²) >= 11 is 0. The van der Waals surface area contributed by atoms with Crippen molar-refractivity contribution < 1.29 is 20.2 Å². The number of nitrogens with two attached hydrogens (primary N) is 1. The van der Waals surface area contributed by atoms with E-state index in [9.17, 15) is 0 Å². The van der Waals surface area contributed by atoms with Crippen molar-refractivity contribution in [1.29, 1.82) is 0 Å². The molecule has 2 rings (SSSR count). The highest BCUT2D eigenvalue weighted by Gasteiger charge is 2.11. The molecule has 2 aromatic rings. The molecule has 0 spiro atoms. The fourth-order valence-corrected chi connectivity index (χ4v) is 1.68. The SMILES string of the molecule is Nc1cccc(OC/C(=N\O)c2cc(C(O)O)ccn2)c1. The maximum Gasteiger partial charge on any atom is 0.178 e. The molecular formula is C14H15N3O4. The molecule has 0 aliphatic heterocycles. The van der Waals surface area contributed by atoms with Crippen LogP contribution in [-0.4, -0.2) is 32.7 Å². The van der Waals surface area contributed by atoms with Gasteiger partial charge in [-0.15, -0.1) is 0 Å². The summed E-state index contributed by atoms with van der Waals surface area (Å²) in [5.74, 6) is 0.523. The number of benzene rings is 1. The van der Waals surface area contributed by atoms with Gasteiger partial charge in [0.2, 0.25) is 0 Å². The summed E-state index contributed by atoms with van der Waals surface area (Å²) in [6.45, 7) is -0.0437. The second-order valence-corrected chi connectivity index (χ2v) is 4.26. The summed E-state index contributed by atoms with van der Waals surface area (Å²) in [6.07, 6.45) is -0.239. The van der Waals surface area contributed by atoms with Gasteiger partial charge in [0.15, 0.2) is 6.29 Å². The van der Waals surface area contributed by atoms with Crippen LogP contribution in [0, 0.1) is 0 Å². The van der Waals surface area contributed by atoms with Crippen LogP contribution in [0.25, 0.3) is 0 Å². The summed E-state index contributed by atoms with van der Waals surface area (Å²) in [7, 11) is 0. The topological polar surface area (TPSA) is 121 Å². The lowest BCUT2D eigenvalue weighted by atomic mass is 10.1. The normalized spacial score (nSPS) is 11.7. The van der Waals surface area contributed by atoms with Crippen LogP contribution in [0.2, 0.25) is 0 Å². The first-order chi connectivity index (χ1) is 10.1. The molecule has 0 radical (unpaired) electrons. The van der Waals surface area contributed by atoms with Gasteiger partial charge in [-0.3, -0.25) is 4.98 Å². The van der Waals surface area contributed by atoms with Gasteiger partial charge >= 0.3 is 0 Å². The molecule has 0 atom stereocenters. The molecule has 0 bridgehead atoms. The number of nitrogen functional groups attached to an aromatic ring is 1. The lowest BCUT2D eigenvalue weighted by Gasteiger charge is -2.09. The Bertz CT molecular complexity index is 644. The fraction of sp³-hybridized carbons (Fsp3) is 0.143. The number of aliphatic hydroxyl groups is 2. The Morgan fingerprint density at radius 2 is 2.10 bits per heavy atom. The predicted octanol–water partition coefficient (Wildman–Crippen LogP) is 0.904. The van der Waals surface area contributed by atoms with E-state index < -0.39 is 6.29 Å². The van der Waals surface area contributed by atoms with Crippen LogP contribution in [0.3, 0.4) is 0 Å². The molecule has 1 aromatic heterocycles. The lowest BCUT2D eigenvalue weighted by molar-refractivity contribution is -0.0425. The van der Waals surface area contributed by atoms with Gasteiger partial charge in [-0.2, -0.15) is 0 Å². The molecular weight excluding hydrogens is 274 g/mol. The summed E-state index contributed by atoms with van der Waals surface area (Å²) in [6, 6.07) is 9.66. The molecule has 1 heterocycles. The molecule has 7 heteroatoms. The van der Waals surface area contributed by atoms with Crippen molar-refractivity contribution >= 4 is 11.4 Å². The van der Waals surface area contributed by atoms with Crippen molar-refractivity contribution in [2.45, 2.75) is 6.29 Å². The molecule has 0 fully saturated rings. The average molecular weight is 289 g/mol. The zero-order valence-corrected chi connectivity index (χ0v) is 11.0. The first kappa shape index (κ1) is 14.8. The van der Waals surface area contributed by atoms with Crippen molar-refractivity contribution in [2.75, 3.05) is 12.3 Å². The molecule has 1 aromatic carbocycles. The summed E-state index contributed by atoms with van der Waals surface area (Å²) in [4.78, 5) is 4.01. The van der Waals surface area contributed by atoms with E-state index in [1.54, 1.807) is 24.3 Å². The van der Waals surface area contributed by atoms with E-state index in [4.69, 9.17) is 25.9 Å². The van der Waals surface area contributed by atoms with E-state index in [0.29, 0.717) is 11.4 Å². The van der Waals surface area contributed by atoms with Gasteiger partial charge in [-0.05, 0) is 24.3 Å². The Hall–Kier alpha value is -2.64. The zero-order chi connectivity index (χ0) is 15.2. The Labute approximate surface area is 120 Å². The summed E-state index contributed by atoms with van der Waals surface area (Å²) in [5, 5.41) is 30.4. The number of oxime groups is 1. The standard InChI is InChI=1S/C14H15N3O4/c15-10-2-1-3-11(7-10)21-8-13(17-20)12-6-9(14(18)19)4-5-16-12/h1-7,14,18-20H,8,15H2/b17-13+. The number of hydrogen-bond acceptors (Lipinski definition) is 7. The molecule has 0 amide bonds. The van der Waals surface area contributed by atoms with Crippen LogP contribution < -0.4 is 10.5 Å². The van der Waals surface area contributed by atoms with Gasteiger partial charge in [0.25, 0.3) is 0 Å². The number of rotatable bonds is 5. The average Bonchev–Trinajstić information content (AvgIpc) is 2.48. The molecule has 5 N–H and O–H groups in total. The second-order valence-electron chi connectivity index (χ2n) is 4.26. The van der Waals surface area contributed by atoms with E-state index in [0.717, 1.165) is 0 Å². The zero-order valence-electron chi connectivity index (χ0n) is 11.0. The van der Waals surface area contributed by atoms with Crippen molar-refractivity contribution in [3.8, 4) is 5.75 Å². The van der Waals surface area contributed by atoms with E-state index in [-0.39, 0.29) is 23.6 Å². The van der Waals surface area contributed by atoms with E-state index in [1.807, 2.05) is 0 Å². The van der Waals surface area contributed by atoms with Crippen LogP contribution in [-0.2, 0) is 0 Å². The third-order valence-corrected chi connectivity index (χ3v) is 2.73. The first-order valence-corrected chi connectivity index (χ1v) is 6.12. The van der Waals surface area contributed by atoms with Crippen molar-refractivity contribution in [1.82, 2.24) is 4.98 Å². The smallest absolute Gasteiger partial charge is 0.178 e. The van der Waals surface area contributed by atoms with Gasteiger partial charge in [-0.25, -0.2) is 0 Å². The third kappa shape index (κ3) is 3.91. The minimum Gasteiger partial charge on any atom is -0.487 e. The molecule has 0 aliphatic rings. The third-order valence-electron chi connectivity index (χ3n) is 2.73. The van der Waals surface area contributed by atoms with Gasteiger partial charge in [0.05, 0.1) is 5.69 Å². The number of nitrogens with zero attached hydrogens (tertiary/aromatic N) is 2. The second kappa shape index (κ2) is 6.69. The van der Waals surface area contributed by atoms with Crippen LogP contribution in [0.1, 0.15) is 17.5 Å². The molecule has 0 aliphatic carbocycles. The summed E-state index contributed by atoms with van der Waals surface area (Å²) in [5.41, 5.74) is 6.87. The molecule has 21 heavy (non-hydrogen) atoms. The molecule has 110 valence electrons. The van der Waals surface area contributed by atoms with Crippen LogP contribution in [0.4, 0.5) is 5.69 Å². The van der Waals surface area contributed by atoms with Gasteiger partial charge < -0.3 is 25.9 Å². The Kier molecular flexibility index (Phi) is 4.70.